The Balaban J connectivity index is 1.69. The van der Waals surface area contributed by atoms with E-state index in [9.17, 15) is 0 Å². The van der Waals surface area contributed by atoms with Gasteiger partial charge < -0.3 is 31.8 Å². The van der Waals surface area contributed by atoms with Gasteiger partial charge in [-0.15, -0.1) is 0 Å². The predicted molar refractivity (Wildman–Crippen MR) is 138 cm³/mol. The molecule has 0 aliphatic heterocycles. The first-order valence-corrected chi connectivity index (χ1v) is 11.3. The molecule has 9 nitrogen and oxygen atoms in total. The van der Waals surface area contributed by atoms with Crippen molar-refractivity contribution in [1.29, 1.82) is 5.41 Å². The third-order valence-electron chi connectivity index (χ3n) is 5.40. The fourth-order valence-electron chi connectivity index (χ4n) is 3.68. The lowest BCUT2D eigenvalue weighted by atomic mass is 10.0. The van der Waals surface area contributed by atoms with E-state index in [-0.39, 0.29) is 30.0 Å². The Bertz CT molecular complexity index is 1390. The van der Waals surface area contributed by atoms with Crippen molar-refractivity contribution < 1.29 is 9.15 Å². The molecule has 10 heteroatoms. The first-order valence-electron chi connectivity index (χ1n) is 10.9. The van der Waals surface area contributed by atoms with Gasteiger partial charge in [0.1, 0.15) is 18.1 Å². The number of furan rings is 1. The molecule has 1 aromatic carbocycles. The van der Waals surface area contributed by atoms with Crippen LogP contribution in [0.5, 0.6) is 5.75 Å². The van der Waals surface area contributed by atoms with Crippen molar-refractivity contribution in [2.45, 2.75) is 26.3 Å². The van der Waals surface area contributed by atoms with Crippen LogP contribution in [0.4, 0.5) is 11.6 Å². The molecule has 0 amide bonds. The Morgan fingerprint density at radius 2 is 1.94 bits per heavy atom. The highest BCUT2D eigenvalue weighted by molar-refractivity contribution is 6.30. The fraction of sp³-hybridized carbons (Fsp3) is 0.200. The van der Waals surface area contributed by atoms with Crippen LogP contribution < -0.4 is 21.9 Å². The van der Waals surface area contributed by atoms with Crippen LogP contribution >= 0.6 is 11.6 Å². The molecule has 4 rings (SSSR count). The van der Waals surface area contributed by atoms with Crippen LogP contribution in [0.2, 0.25) is 5.02 Å². The number of aromatic nitrogens is 3. The Morgan fingerprint density at radius 3 is 2.63 bits per heavy atom. The molecule has 0 saturated heterocycles. The Hall–Kier alpha value is -3.95. The molecule has 4 aromatic rings. The average molecular weight is 492 g/mol. The van der Waals surface area contributed by atoms with E-state index in [2.05, 4.69) is 15.0 Å². The summed E-state index contributed by atoms with van der Waals surface area (Å²) in [6.07, 6.45) is 3.69. The second-order valence-corrected chi connectivity index (χ2v) is 8.61. The van der Waals surface area contributed by atoms with Crippen LogP contribution in [0.1, 0.15) is 23.9 Å². The van der Waals surface area contributed by atoms with Gasteiger partial charge in [0.05, 0.1) is 29.6 Å². The number of nitrogen functional groups attached to an aromatic ring is 2. The van der Waals surface area contributed by atoms with Crippen LogP contribution in [-0.2, 0) is 6.42 Å². The molecule has 35 heavy (non-hydrogen) atoms. The lowest BCUT2D eigenvalue weighted by Crippen LogP contribution is -2.30. The number of rotatable bonds is 8. The first kappa shape index (κ1) is 24.2. The van der Waals surface area contributed by atoms with Crippen molar-refractivity contribution in [2.75, 3.05) is 18.1 Å². The molecule has 0 radical (unpaired) electrons. The summed E-state index contributed by atoms with van der Waals surface area (Å²) in [5, 5.41) is 8.63. The Morgan fingerprint density at radius 1 is 1.14 bits per heavy atom. The van der Waals surface area contributed by atoms with Crippen molar-refractivity contribution in [3.05, 3.63) is 70.9 Å². The van der Waals surface area contributed by atoms with Crippen LogP contribution in [0.15, 0.2) is 53.3 Å². The van der Waals surface area contributed by atoms with Gasteiger partial charge in [-0.2, -0.15) is 0 Å². The summed E-state index contributed by atoms with van der Waals surface area (Å²) in [6.45, 7) is 3.64. The van der Waals surface area contributed by atoms with Gasteiger partial charge in [-0.05, 0) is 50.1 Å². The average Bonchev–Trinajstić information content (AvgIpc) is 3.24. The zero-order chi connectivity index (χ0) is 25.1. The smallest absolute Gasteiger partial charge is 0.166 e. The number of nitrogens with zero attached hydrogens (tertiary/aromatic N) is 3. The monoisotopic (exact) mass is 491 g/mol. The summed E-state index contributed by atoms with van der Waals surface area (Å²) in [7, 11) is 0. The summed E-state index contributed by atoms with van der Waals surface area (Å²) in [5.74, 6) is 1.40. The van der Waals surface area contributed by atoms with Crippen LogP contribution in [0.3, 0.4) is 0 Å². The second-order valence-electron chi connectivity index (χ2n) is 8.18. The van der Waals surface area contributed by atoms with E-state index >= 15 is 0 Å². The molecule has 0 fully saturated rings. The third-order valence-corrected chi connectivity index (χ3v) is 5.64. The minimum absolute atomic E-state index is 0.175. The van der Waals surface area contributed by atoms with Crippen molar-refractivity contribution in [2.24, 2.45) is 5.73 Å². The van der Waals surface area contributed by atoms with Gasteiger partial charge in [0, 0.05) is 22.2 Å². The van der Waals surface area contributed by atoms with Gasteiger partial charge in [-0.3, -0.25) is 0 Å². The summed E-state index contributed by atoms with van der Waals surface area (Å²) in [5.41, 5.74) is 22.4. The summed E-state index contributed by atoms with van der Waals surface area (Å²) < 4.78 is 11.5. The first-order chi connectivity index (χ1) is 16.7. The van der Waals surface area contributed by atoms with Crippen molar-refractivity contribution in [3.63, 3.8) is 0 Å². The summed E-state index contributed by atoms with van der Waals surface area (Å²) >= 11 is 6.07. The van der Waals surface area contributed by atoms with Gasteiger partial charge in [0.25, 0.3) is 0 Å². The van der Waals surface area contributed by atoms with Gasteiger partial charge in [0.15, 0.2) is 17.4 Å². The van der Waals surface area contributed by atoms with E-state index in [0.717, 1.165) is 11.1 Å². The molecule has 0 bridgehead atoms. The standard InChI is InChI=1S/C25H26ClN7O2/c1-13(27)22-25(30)31-11-20(32-22)19-10-21(24(29)33-23(19)18-6-7-34-14(18)2)35-12-17(28)9-15-4-3-5-16(26)8-15/h3-8,10-11,17,27H,9,12,28H2,1-2H3,(H2,29,33)(H2,30,31). The number of ether oxygens (including phenoxy) is 1. The molecule has 0 saturated carbocycles. The van der Waals surface area contributed by atoms with Gasteiger partial charge >= 0.3 is 0 Å². The number of halogens is 1. The molecule has 3 heterocycles. The maximum Gasteiger partial charge on any atom is 0.166 e. The highest BCUT2D eigenvalue weighted by Gasteiger charge is 2.20. The number of hydrogen-bond acceptors (Lipinski definition) is 9. The summed E-state index contributed by atoms with van der Waals surface area (Å²) in [6, 6.07) is 10.8. The maximum absolute atomic E-state index is 7.98. The van der Waals surface area contributed by atoms with Gasteiger partial charge in [-0.25, -0.2) is 15.0 Å². The molecule has 0 aliphatic carbocycles. The van der Waals surface area contributed by atoms with Crippen LogP contribution in [0.25, 0.3) is 22.5 Å². The molecule has 1 unspecified atom stereocenters. The molecule has 1 atom stereocenters. The van der Waals surface area contributed by atoms with Gasteiger partial charge in [0.2, 0.25) is 0 Å². The zero-order valence-corrected chi connectivity index (χ0v) is 20.1. The number of hydrogen-bond donors (Lipinski definition) is 4. The number of benzene rings is 1. The highest BCUT2D eigenvalue weighted by atomic mass is 35.5. The topological polar surface area (TPSA) is 163 Å². The number of nitrogens with one attached hydrogen (secondary N) is 1. The van der Waals surface area contributed by atoms with E-state index in [1.54, 1.807) is 25.3 Å². The quantitative estimate of drug-likeness (QED) is 0.265. The summed E-state index contributed by atoms with van der Waals surface area (Å²) in [4.78, 5) is 13.4. The molecule has 7 N–H and O–H groups in total. The Labute approximate surface area is 207 Å². The minimum Gasteiger partial charge on any atom is -0.488 e. The molecular formula is C25H26ClN7O2. The van der Waals surface area contributed by atoms with E-state index < -0.39 is 0 Å². The highest BCUT2D eigenvalue weighted by Crippen LogP contribution is 2.37. The van der Waals surface area contributed by atoms with Crippen molar-refractivity contribution in [3.8, 4) is 28.3 Å². The normalized spacial score (nSPS) is 11.9. The third kappa shape index (κ3) is 5.42. The number of pyridine rings is 1. The van der Waals surface area contributed by atoms with E-state index in [4.69, 9.17) is 43.4 Å². The van der Waals surface area contributed by atoms with E-state index in [0.29, 0.717) is 45.6 Å². The van der Waals surface area contributed by atoms with Crippen molar-refractivity contribution >= 4 is 28.9 Å². The second kappa shape index (κ2) is 10.1. The molecular weight excluding hydrogens is 466 g/mol. The maximum atomic E-state index is 7.98. The Kier molecular flexibility index (Phi) is 6.99. The lowest BCUT2D eigenvalue weighted by molar-refractivity contribution is 0.288. The number of aryl methyl sites for hydroxylation is 1. The van der Waals surface area contributed by atoms with E-state index in [1.807, 2.05) is 31.2 Å². The minimum atomic E-state index is -0.296. The lowest BCUT2D eigenvalue weighted by Gasteiger charge is -2.17. The van der Waals surface area contributed by atoms with Gasteiger partial charge in [-0.1, -0.05) is 23.7 Å². The van der Waals surface area contributed by atoms with E-state index in [1.165, 1.54) is 6.20 Å². The van der Waals surface area contributed by atoms with Crippen molar-refractivity contribution in [1.82, 2.24) is 15.0 Å². The van der Waals surface area contributed by atoms with Crippen LogP contribution in [-0.4, -0.2) is 33.3 Å². The molecule has 0 spiro atoms. The zero-order valence-electron chi connectivity index (χ0n) is 19.4. The van der Waals surface area contributed by atoms with Crippen LogP contribution in [0, 0.1) is 12.3 Å². The number of nitrogens with two attached hydrogens (primary N) is 3. The molecule has 3 aromatic heterocycles. The number of anilines is 2. The fourth-order valence-corrected chi connectivity index (χ4v) is 3.90. The molecule has 180 valence electrons. The SMILES string of the molecule is CC(=N)c1nc(-c2cc(OCC(N)Cc3cccc(Cl)c3)c(N)nc2-c2ccoc2C)cnc1N. The predicted octanol–water partition coefficient (Wildman–Crippen LogP) is 4.26. The molecule has 0 aliphatic rings. The largest absolute Gasteiger partial charge is 0.488 e.